The predicted octanol–water partition coefficient (Wildman–Crippen LogP) is -1.09. The van der Waals surface area contributed by atoms with Gasteiger partial charge in [-0.15, -0.1) is 0 Å². The van der Waals surface area contributed by atoms with E-state index in [1.165, 1.54) is 20.9 Å². The first-order valence-electron chi connectivity index (χ1n) is 5.47. The molecule has 0 saturated heterocycles. The maximum atomic E-state index is 11.8. The Morgan fingerprint density at radius 1 is 1.42 bits per heavy atom. The van der Waals surface area contributed by atoms with Gasteiger partial charge in [-0.1, -0.05) is 0 Å². The largest absolute Gasteiger partial charge is 0.481 e. The molecular weight excluding hydrogens is 254 g/mol. The van der Waals surface area contributed by atoms with Crippen LogP contribution >= 0.6 is 0 Å². The molecule has 8 nitrogen and oxygen atoms in total. The van der Waals surface area contributed by atoms with E-state index in [2.05, 4.69) is 10.3 Å². The number of hydrogen-bond donors (Lipinski definition) is 3. The molecule has 104 valence electrons. The fourth-order valence-electron chi connectivity index (χ4n) is 1.20. The zero-order chi connectivity index (χ0) is 14.8. The molecule has 1 aromatic heterocycles. The minimum Gasteiger partial charge on any atom is -0.481 e. The Bertz CT molecular complexity index is 626. The highest BCUT2D eigenvalue weighted by molar-refractivity contribution is 5.93. The van der Waals surface area contributed by atoms with Crippen molar-refractivity contribution in [1.82, 2.24) is 14.9 Å². The topological polar surface area (TPSA) is 121 Å². The van der Waals surface area contributed by atoms with E-state index in [1.807, 2.05) is 0 Å². The number of nitrogens with zero attached hydrogens (tertiary/aromatic N) is 1. The van der Waals surface area contributed by atoms with Crippen molar-refractivity contribution in [3.05, 3.63) is 32.6 Å². The molecule has 3 N–H and O–H groups in total. The summed E-state index contributed by atoms with van der Waals surface area (Å²) in [5, 5.41) is 11.2. The molecule has 1 amide bonds. The van der Waals surface area contributed by atoms with Crippen LogP contribution in [0, 0.1) is 5.41 Å². The van der Waals surface area contributed by atoms with E-state index in [0.29, 0.717) is 0 Å². The van der Waals surface area contributed by atoms with Gasteiger partial charge in [0.2, 0.25) is 0 Å². The van der Waals surface area contributed by atoms with Crippen molar-refractivity contribution < 1.29 is 14.7 Å². The van der Waals surface area contributed by atoms with Gasteiger partial charge in [-0.2, -0.15) is 0 Å². The molecule has 0 fully saturated rings. The van der Waals surface area contributed by atoms with E-state index in [-0.39, 0.29) is 12.1 Å². The van der Waals surface area contributed by atoms with Crippen LogP contribution in [0.2, 0.25) is 0 Å². The average molecular weight is 269 g/mol. The van der Waals surface area contributed by atoms with Gasteiger partial charge in [-0.05, 0) is 13.8 Å². The van der Waals surface area contributed by atoms with E-state index >= 15 is 0 Å². The molecule has 0 aromatic carbocycles. The Labute approximate surface area is 108 Å². The number of carbonyl (C=O) groups excluding carboxylic acids is 1. The number of rotatable bonds is 4. The lowest BCUT2D eigenvalue weighted by Gasteiger charge is -2.19. The van der Waals surface area contributed by atoms with E-state index in [0.717, 1.165) is 10.8 Å². The van der Waals surface area contributed by atoms with E-state index in [4.69, 9.17) is 5.11 Å². The normalized spacial score (nSPS) is 11.1. The highest BCUT2D eigenvalue weighted by Gasteiger charge is 2.28. The lowest BCUT2D eigenvalue weighted by molar-refractivity contribution is -0.146. The Balaban J connectivity index is 2.93. The van der Waals surface area contributed by atoms with Crippen molar-refractivity contribution >= 4 is 11.9 Å². The number of hydrogen-bond acceptors (Lipinski definition) is 4. The van der Waals surface area contributed by atoms with Crippen molar-refractivity contribution in [3.63, 3.8) is 0 Å². The van der Waals surface area contributed by atoms with Crippen LogP contribution in [0.25, 0.3) is 0 Å². The monoisotopic (exact) mass is 269 g/mol. The number of H-pyrrole nitrogens is 1. The first kappa shape index (κ1) is 14.7. The molecule has 0 radical (unpaired) electrons. The van der Waals surface area contributed by atoms with Crippen LogP contribution in [-0.2, 0) is 11.8 Å². The summed E-state index contributed by atoms with van der Waals surface area (Å²) in [5.41, 5.74) is -2.77. The fourth-order valence-corrected chi connectivity index (χ4v) is 1.20. The van der Waals surface area contributed by atoms with Crippen LogP contribution in [0.4, 0.5) is 0 Å². The smallest absolute Gasteiger partial charge is 0.328 e. The summed E-state index contributed by atoms with van der Waals surface area (Å²) in [5.74, 6) is -1.80. The molecule has 0 aliphatic carbocycles. The number of carboxylic acids is 1. The summed E-state index contributed by atoms with van der Waals surface area (Å²) in [6.07, 6.45) is 1.01. The first-order chi connectivity index (χ1) is 8.66. The molecule has 0 aliphatic heterocycles. The molecular formula is C11H15N3O5. The molecule has 0 atom stereocenters. The summed E-state index contributed by atoms with van der Waals surface area (Å²) >= 11 is 0. The molecule has 0 spiro atoms. The van der Waals surface area contributed by atoms with Gasteiger partial charge in [0.1, 0.15) is 5.56 Å². The summed E-state index contributed by atoms with van der Waals surface area (Å²) in [6, 6.07) is 0. The van der Waals surface area contributed by atoms with E-state index in [9.17, 15) is 19.2 Å². The van der Waals surface area contributed by atoms with Crippen molar-refractivity contribution in [1.29, 1.82) is 0 Å². The zero-order valence-electron chi connectivity index (χ0n) is 10.8. The summed E-state index contributed by atoms with van der Waals surface area (Å²) in [6.45, 7) is 2.75. The van der Waals surface area contributed by atoms with Gasteiger partial charge in [0, 0.05) is 19.8 Å². The number of carbonyl (C=O) groups is 2. The maximum Gasteiger partial charge on any atom is 0.328 e. The third-order valence-electron chi connectivity index (χ3n) is 2.69. The van der Waals surface area contributed by atoms with Crippen LogP contribution in [0.5, 0.6) is 0 Å². The molecule has 8 heteroatoms. The third kappa shape index (κ3) is 3.09. The van der Waals surface area contributed by atoms with Crippen molar-refractivity contribution in [2.75, 3.05) is 6.54 Å². The summed E-state index contributed by atoms with van der Waals surface area (Å²) < 4.78 is 0.761. The van der Waals surface area contributed by atoms with E-state index < -0.39 is 28.5 Å². The number of carboxylic acid groups (broad SMARTS) is 1. The Kier molecular flexibility index (Phi) is 3.93. The SMILES string of the molecule is Cn1c(=O)[nH]cc(C(=O)NCC(C)(C)C(=O)O)c1=O. The molecule has 1 aromatic rings. The van der Waals surface area contributed by atoms with Gasteiger partial charge < -0.3 is 15.4 Å². The molecule has 0 bridgehead atoms. The highest BCUT2D eigenvalue weighted by Crippen LogP contribution is 2.13. The van der Waals surface area contributed by atoms with Gasteiger partial charge in [0.25, 0.3) is 11.5 Å². The Morgan fingerprint density at radius 3 is 2.53 bits per heavy atom. The standard InChI is InChI=1S/C11H15N3O5/c1-11(2,9(17)18)5-13-7(15)6-4-12-10(19)14(3)8(6)16/h4H,5H2,1-3H3,(H,12,19)(H,13,15)(H,17,18). The van der Waals surface area contributed by atoms with Crippen molar-refractivity contribution in [2.24, 2.45) is 12.5 Å². The van der Waals surface area contributed by atoms with Crippen molar-refractivity contribution in [3.8, 4) is 0 Å². The molecule has 1 rings (SSSR count). The second kappa shape index (κ2) is 5.09. The minimum atomic E-state index is -1.15. The van der Waals surface area contributed by atoms with Crippen LogP contribution < -0.4 is 16.6 Å². The van der Waals surface area contributed by atoms with Gasteiger partial charge >= 0.3 is 11.7 Å². The molecule has 0 aliphatic rings. The molecule has 0 unspecified atom stereocenters. The summed E-state index contributed by atoms with van der Waals surface area (Å²) in [7, 11) is 1.24. The summed E-state index contributed by atoms with van der Waals surface area (Å²) in [4.78, 5) is 47.6. The van der Waals surface area contributed by atoms with Gasteiger partial charge in [-0.3, -0.25) is 19.0 Å². The van der Waals surface area contributed by atoms with Crippen LogP contribution in [0.15, 0.2) is 15.8 Å². The van der Waals surface area contributed by atoms with Crippen molar-refractivity contribution in [2.45, 2.75) is 13.8 Å². The lowest BCUT2D eigenvalue weighted by Crippen LogP contribution is -2.43. The lowest BCUT2D eigenvalue weighted by atomic mass is 9.94. The third-order valence-corrected chi connectivity index (χ3v) is 2.69. The second-order valence-electron chi connectivity index (χ2n) is 4.74. The maximum absolute atomic E-state index is 11.8. The zero-order valence-corrected chi connectivity index (χ0v) is 10.8. The predicted molar refractivity (Wildman–Crippen MR) is 66.1 cm³/mol. The van der Waals surface area contributed by atoms with Crippen LogP contribution in [0.1, 0.15) is 24.2 Å². The molecule has 1 heterocycles. The first-order valence-corrected chi connectivity index (χ1v) is 5.47. The minimum absolute atomic E-state index is 0.135. The molecule has 19 heavy (non-hydrogen) atoms. The fraction of sp³-hybridized carbons (Fsp3) is 0.455. The quantitative estimate of drug-likeness (QED) is 0.641. The second-order valence-corrected chi connectivity index (χ2v) is 4.74. The van der Waals surface area contributed by atoms with Crippen LogP contribution in [0.3, 0.4) is 0 Å². The Morgan fingerprint density at radius 2 is 2.00 bits per heavy atom. The van der Waals surface area contributed by atoms with Gasteiger partial charge in [0.05, 0.1) is 5.41 Å². The molecule has 0 saturated carbocycles. The Hall–Kier alpha value is -2.38. The number of amides is 1. The number of aromatic nitrogens is 2. The van der Waals surface area contributed by atoms with Crippen LogP contribution in [-0.4, -0.2) is 33.1 Å². The number of nitrogens with one attached hydrogen (secondary N) is 2. The highest BCUT2D eigenvalue weighted by atomic mass is 16.4. The van der Waals surface area contributed by atoms with E-state index in [1.54, 1.807) is 0 Å². The number of aliphatic carboxylic acids is 1. The average Bonchev–Trinajstić information content (AvgIpc) is 2.33. The van der Waals surface area contributed by atoms with Gasteiger partial charge in [0.15, 0.2) is 0 Å². The van der Waals surface area contributed by atoms with Gasteiger partial charge in [-0.25, -0.2) is 4.79 Å². The number of aromatic amines is 1.